The van der Waals surface area contributed by atoms with Gasteiger partial charge in [0.1, 0.15) is 11.5 Å². The van der Waals surface area contributed by atoms with E-state index in [2.05, 4.69) is 21.3 Å². The number of hydrogen-bond acceptors (Lipinski definition) is 5. The van der Waals surface area contributed by atoms with Crippen LogP contribution in [0.1, 0.15) is 16.1 Å². The van der Waals surface area contributed by atoms with Crippen LogP contribution in [0.25, 0.3) is 5.69 Å². The van der Waals surface area contributed by atoms with Crippen LogP contribution in [0.5, 0.6) is 0 Å². The number of nitrogens with one attached hydrogen (secondary N) is 1. The molecule has 1 aromatic heterocycles. The van der Waals surface area contributed by atoms with Crippen molar-refractivity contribution in [2.75, 3.05) is 42.8 Å². The van der Waals surface area contributed by atoms with Crippen LogP contribution >= 0.6 is 11.8 Å². The predicted molar refractivity (Wildman–Crippen MR) is 117 cm³/mol. The number of benzene rings is 2. The van der Waals surface area contributed by atoms with Crippen LogP contribution in [0.4, 0.5) is 15.8 Å². The van der Waals surface area contributed by atoms with Crippen molar-refractivity contribution in [3.8, 4) is 5.69 Å². The number of carbonyl (C=O) groups is 1. The Morgan fingerprint density at radius 2 is 1.83 bits per heavy atom. The number of aryl methyl sites for hydroxylation is 1. The first kappa shape index (κ1) is 20.4. The summed E-state index contributed by atoms with van der Waals surface area (Å²) < 4.78 is 20.5. The third-order valence-electron chi connectivity index (χ3n) is 5.06. The number of rotatable bonds is 5. The average Bonchev–Trinajstić information content (AvgIpc) is 3.20. The monoisotopic (exact) mass is 426 g/mol. The fraction of sp³-hybridized carbons (Fsp3) is 0.273. The molecule has 8 heteroatoms. The predicted octanol–water partition coefficient (Wildman–Crippen LogP) is 4.13. The van der Waals surface area contributed by atoms with Crippen LogP contribution in [-0.2, 0) is 4.74 Å². The molecule has 0 radical (unpaired) electrons. The number of thioether (sulfide) groups is 1. The van der Waals surface area contributed by atoms with E-state index in [1.807, 2.05) is 25.3 Å². The minimum absolute atomic E-state index is 0.269. The van der Waals surface area contributed by atoms with Crippen LogP contribution in [0, 0.1) is 12.7 Å². The van der Waals surface area contributed by atoms with E-state index in [0.29, 0.717) is 16.5 Å². The summed E-state index contributed by atoms with van der Waals surface area (Å²) in [7, 11) is 0. The van der Waals surface area contributed by atoms with Gasteiger partial charge in [0.2, 0.25) is 0 Å². The Morgan fingerprint density at radius 1 is 1.13 bits per heavy atom. The lowest BCUT2D eigenvalue weighted by Gasteiger charge is -2.29. The van der Waals surface area contributed by atoms with Gasteiger partial charge in [0.15, 0.2) is 5.16 Å². The van der Waals surface area contributed by atoms with Gasteiger partial charge in [-0.3, -0.25) is 9.36 Å². The molecule has 1 N–H and O–H groups in total. The Kier molecular flexibility index (Phi) is 6.06. The molecule has 0 spiro atoms. The molecule has 2 heterocycles. The molecule has 156 valence electrons. The third-order valence-corrected chi connectivity index (χ3v) is 5.72. The van der Waals surface area contributed by atoms with E-state index >= 15 is 0 Å². The fourth-order valence-corrected chi connectivity index (χ4v) is 4.02. The molecule has 4 rings (SSSR count). The molecule has 0 unspecified atom stereocenters. The summed E-state index contributed by atoms with van der Waals surface area (Å²) in [4.78, 5) is 19.7. The summed E-state index contributed by atoms with van der Waals surface area (Å²) in [6, 6.07) is 12.0. The molecule has 2 aromatic carbocycles. The molecule has 1 fully saturated rings. The molecule has 1 amide bonds. The van der Waals surface area contributed by atoms with Gasteiger partial charge >= 0.3 is 0 Å². The quantitative estimate of drug-likeness (QED) is 0.622. The summed E-state index contributed by atoms with van der Waals surface area (Å²) in [6.45, 7) is 5.15. The summed E-state index contributed by atoms with van der Waals surface area (Å²) in [5.74, 6) is -0.596. The number of imidazole rings is 1. The van der Waals surface area contributed by atoms with E-state index in [1.54, 1.807) is 22.9 Å². The third kappa shape index (κ3) is 4.20. The lowest BCUT2D eigenvalue weighted by atomic mass is 10.1. The van der Waals surface area contributed by atoms with Gasteiger partial charge in [0, 0.05) is 30.2 Å². The number of anilines is 2. The summed E-state index contributed by atoms with van der Waals surface area (Å²) in [5.41, 5.74) is 3.92. The molecule has 0 atom stereocenters. The number of aromatic nitrogens is 2. The second-order valence-corrected chi connectivity index (χ2v) is 7.77. The van der Waals surface area contributed by atoms with Crippen molar-refractivity contribution in [3.05, 3.63) is 65.7 Å². The van der Waals surface area contributed by atoms with E-state index in [4.69, 9.17) is 4.74 Å². The van der Waals surface area contributed by atoms with E-state index < -0.39 is 0 Å². The van der Waals surface area contributed by atoms with Crippen LogP contribution in [0.15, 0.2) is 53.8 Å². The second kappa shape index (κ2) is 8.89. The van der Waals surface area contributed by atoms with Gasteiger partial charge in [-0.15, -0.1) is 0 Å². The highest BCUT2D eigenvalue weighted by molar-refractivity contribution is 7.98. The highest BCUT2D eigenvalue weighted by atomic mass is 32.2. The molecular weight excluding hydrogens is 403 g/mol. The number of nitrogens with zero attached hydrogens (tertiary/aromatic N) is 3. The molecule has 3 aromatic rings. The first-order valence-electron chi connectivity index (χ1n) is 9.69. The number of ether oxygens (including phenoxy) is 1. The van der Waals surface area contributed by atoms with Gasteiger partial charge in [-0.25, -0.2) is 9.37 Å². The maximum Gasteiger partial charge on any atom is 0.274 e. The number of carbonyl (C=O) groups excluding carboxylic acids is 1. The molecule has 6 nitrogen and oxygen atoms in total. The van der Waals surface area contributed by atoms with Crippen molar-refractivity contribution >= 4 is 29.0 Å². The van der Waals surface area contributed by atoms with Crippen LogP contribution in [-0.4, -0.2) is 48.0 Å². The minimum Gasteiger partial charge on any atom is -0.378 e. The van der Waals surface area contributed by atoms with E-state index in [0.717, 1.165) is 43.2 Å². The normalized spacial score (nSPS) is 14.0. The fourth-order valence-electron chi connectivity index (χ4n) is 3.47. The highest BCUT2D eigenvalue weighted by Gasteiger charge is 2.19. The Balaban J connectivity index is 1.58. The van der Waals surface area contributed by atoms with Gasteiger partial charge in [-0.2, -0.15) is 0 Å². The van der Waals surface area contributed by atoms with Crippen LogP contribution in [0.3, 0.4) is 0 Å². The highest BCUT2D eigenvalue weighted by Crippen LogP contribution is 2.26. The van der Waals surface area contributed by atoms with Crippen molar-refractivity contribution in [2.45, 2.75) is 12.1 Å². The van der Waals surface area contributed by atoms with Gasteiger partial charge in [0.25, 0.3) is 5.91 Å². The Labute approximate surface area is 179 Å². The number of halogens is 1. The Hall–Kier alpha value is -2.84. The molecule has 0 aliphatic carbocycles. The first-order chi connectivity index (χ1) is 14.6. The molecule has 1 aliphatic rings. The van der Waals surface area contributed by atoms with Crippen molar-refractivity contribution in [1.29, 1.82) is 0 Å². The minimum atomic E-state index is -0.327. The maximum atomic E-state index is 13.3. The summed E-state index contributed by atoms with van der Waals surface area (Å²) in [5, 5.41) is 3.65. The summed E-state index contributed by atoms with van der Waals surface area (Å²) in [6.07, 6.45) is 3.43. The second-order valence-electron chi connectivity index (χ2n) is 6.99. The maximum absolute atomic E-state index is 13.3. The Morgan fingerprint density at radius 3 is 2.50 bits per heavy atom. The van der Waals surface area contributed by atoms with E-state index in [-0.39, 0.29) is 11.7 Å². The number of morpholine rings is 1. The topological polar surface area (TPSA) is 59.4 Å². The van der Waals surface area contributed by atoms with Crippen molar-refractivity contribution < 1.29 is 13.9 Å². The van der Waals surface area contributed by atoms with Crippen LogP contribution < -0.4 is 10.2 Å². The van der Waals surface area contributed by atoms with Gasteiger partial charge in [-0.1, -0.05) is 11.8 Å². The first-order valence-corrected chi connectivity index (χ1v) is 10.9. The molecule has 1 saturated heterocycles. The molecule has 1 aliphatic heterocycles. The van der Waals surface area contributed by atoms with Crippen molar-refractivity contribution in [3.63, 3.8) is 0 Å². The zero-order valence-corrected chi connectivity index (χ0v) is 17.7. The Bertz CT molecular complexity index is 1050. The number of amides is 1. The molecule has 30 heavy (non-hydrogen) atoms. The van der Waals surface area contributed by atoms with Gasteiger partial charge < -0.3 is 15.0 Å². The van der Waals surface area contributed by atoms with Gasteiger partial charge in [0.05, 0.1) is 19.4 Å². The zero-order chi connectivity index (χ0) is 21.1. The molecule has 0 saturated carbocycles. The molecule has 0 bridgehead atoms. The van der Waals surface area contributed by atoms with Crippen LogP contribution in [0.2, 0.25) is 0 Å². The average molecular weight is 427 g/mol. The standard InChI is InChI=1S/C22H23FN4O2S/c1-15-13-18(26-9-11-29-12-10-26)7-8-19(15)25-21(28)20-14-24-22(30-2)27(20)17-5-3-16(23)4-6-17/h3-8,13-14H,9-12H2,1-2H3,(H,25,28). The summed E-state index contributed by atoms with van der Waals surface area (Å²) >= 11 is 1.42. The number of hydrogen-bond donors (Lipinski definition) is 1. The van der Waals surface area contributed by atoms with Crippen molar-refractivity contribution in [2.24, 2.45) is 0 Å². The smallest absolute Gasteiger partial charge is 0.274 e. The van der Waals surface area contributed by atoms with E-state index in [9.17, 15) is 9.18 Å². The zero-order valence-electron chi connectivity index (χ0n) is 16.9. The largest absolute Gasteiger partial charge is 0.378 e. The van der Waals surface area contributed by atoms with Crippen molar-refractivity contribution in [1.82, 2.24) is 9.55 Å². The van der Waals surface area contributed by atoms with E-state index in [1.165, 1.54) is 23.9 Å². The SMILES string of the molecule is CSc1ncc(C(=O)Nc2ccc(N3CCOCC3)cc2C)n1-c1ccc(F)cc1. The lowest BCUT2D eigenvalue weighted by molar-refractivity contribution is 0.102. The van der Waals surface area contributed by atoms with Gasteiger partial charge in [-0.05, 0) is 61.2 Å². The molecular formula is C22H23FN4O2S. The lowest BCUT2D eigenvalue weighted by Crippen LogP contribution is -2.36.